The summed E-state index contributed by atoms with van der Waals surface area (Å²) in [4.78, 5) is 0. The van der Waals surface area contributed by atoms with Crippen LogP contribution in [0, 0.1) is 11.6 Å². The Morgan fingerprint density at radius 2 is 1.45 bits per heavy atom. The SMILES string of the molecule is CC(C)(C)c1cc(F)c(Oc2ccc(Br)cc2)c(F)c1. The largest absolute Gasteiger partial charge is 0.451 e. The number of hydrogen-bond acceptors (Lipinski definition) is 1. The van der Waals surface area contributed by atoms with Gasteiger partial charge in [0.1, 0.15) is 5.75 Å². The fourth-order valence-electron chi connectivity index (χ4n) is 1.71. The summed E-state index contributed by atoms with van der Waals surface area (Å²) < 4.78 is 34.2. The Bertz CT molecular complexity index is 592. The van der Waals surface area contributed by atoms with Crippen molar-refractivity contribution < 1.29 is 13.5 Å². The van der Waals surface area contributed by atoms with Crippen molar-refractivity contribution in [2.75, 3.05) is 0 Å². The van der Waals surface area contributed by atoms with Gasteiger partial charge in [-0.15, -0.1) is 0 Å². The monoisotopic (exact) mass is 340 g/mol. The molecule has 4 heteroatoms. The van der Waals surface area contributed by atoms with Crippen LogP contribution in [0.4, 0.5) is 8.78 Å². The smallest absolute Gasteiger partial charge is 0.198 e. The van der Waals surface area contributed by atoms with Gasteiger partial charge < -0.3 is 4.74 Å². The maximum Gasteiger partial charge on any atom is 0.198 e. The first kappa shape index (κ1) is 15.0. The molecule has 2 aromatic rings. The summed E-state index contributed by atoms with van der Waals surface area (Å²) in [5.74, 6) is -1.38. The molecule has 2 aromatic carbocycles. The molecule has 0 heterocycles. The van der Waals surface area contributed by atoms with E-state index in [1.54, 1.807) is 24.3 Å². The zero-order valence-corrected chi connectivity index (χ0v) is 13.1. The van der Waals surface area contributed by atoms with Crippen LogP contribution in [0.2, 0.25) is 0 Å². The van der Waals surface area contributed by atoms with Crippen LogP contribution in [-0.2, 0) is 5.41 Å². The van der Waals surface area contributed by atoms with Crippen molar-refractivity contribution in [2.45, 2.75) is 26.2 Å². The Labute approximate surface area is 125 Å². The molecular formula is C16H15BrF2O. The molecule has 20 heavy (non-hydrogen) atoms. The lowest BCUT2D eigenvalue weighted by Crippen LogP contribution is -2.12. The number of rotatable bonds is 2. The molecule has 0 unspecified atom stereocenters. The summed E-state index contributed by atoms with van der Waals surface area (Å²) >= 11 is 3.29. The minimum absolute atomic E-state index is 0.322. The fraction of sp³-hybridized carbons (Fsp3) is 0.250. The molecule has 0 aliphatic carbocycles. The number of hydrogen-bond donors (Lipinski definition) is 0. The normalized spacial score (nSPS) is 11.5. The minimum atomic E-state index is -0.696. The lowest BCUT2D eigenvalue weighted by atomic mass is 9.87. The molecule has 0 saturated heterocycles. The van der Waals surface area contributed by atoms with E-state index in [1.807, 2.05) is 20.8 Å². The average molecular weight is 341 g/mol. The second-order valence-corrected chi connectivity index (χ2v) is 6.49. The van der Waals surface area contributed by atoms with Crippen molar-refractivity contribution >= 4 is 15.9 Å². The molecule has 0 bridgehead atoms. The maximum absolute atomic E-state index is 14.0. The summed E-state index contributed by atoms with van der Waals surface area (Å²) in [6.07, 6.45) is 0. The van der Waals surface area contributed by atoms with E-state index < -0.39 is 11.6 Å². The molecule has 0 aromatic heterocycles. The van der Waals surface area contributed by atoms with Gasteiger partial charge in [0.25, 0.3) is 0 Å². The van der Waals surface area contributed by atoms with Crippen LogP contribution in [0.3, 0.4) is 0 Å². The number of benzene rings is 2. The van der Waals surface area contributed by atoms with Crippen molar-refractivity contribution in [3.63, 3.8) is 0 Å². The highest BCUT2D eigenvalue weighted by Crippen LogP contribution is 2.32. The maximum atomic E-state index is 14.0. The van der Waals surface area contributed by atoms with Crippen LogP contribution in [0.5, 0.6) is 11.5 Å². The third-order valence-electron chi connectivity index (χ3n) is 2.90. The highest BCUT2D eigenvalue weighted by molar-refractivity contribution is 9.10. The van der Waals surface area contributed by atoms with E-state index >= 15 is 0 Å². The first-order valence-corrected chi connectivity index (χ1v) is 6.99. The highest BCUT2D eigenvalue weighted by atomic mass is 79.9. The van der Waals surface area contributed by atoms with Gasteiger partial charge in [-0.05, 0) is 47.4 Å². The van der Waals surface area contributed by atoms with Crippen LogP contribution in [0.25, 0.3) is 0 Å². The third kappa shape index (κ3) is 3.37. The predicted molar refractivity (Wildman–Crippen MR) is 79.3 cm³/mol. The van der Waals surface area contributed by atoms with Gasteiger partial charge in [-0.1, -0.05) is 36.7 Å². The lowest BCUT2D eigenvalue weighted by molar-refractivity contribution is 0.404. The summed E-state index contributed by atoms with van der Waals surface area (Å²) in [5.41, 5.74) is 0.272. The molecule has 0 fully saturated rings. The quantitative estimate of drug-likeness (QED) is 0.669. The van der Waals surface area contributed by atoms with Crippen molar-refractivity contribution in [3.05, 3.63) is 58.1 Å². The van der Waals surface area contributed by atoms with E-state index in [0.717, 1.165) is 4.47 Å². The second kappa shape index (κ2) is 5.52. The summed E-state index contributed by atoms with van der Waals surface area (Å²) in [6, 6.07) is 9.40. The molecule has 106 valence electrons. The molecular weight excluding hydrogens is 326 g/mol. The molecule has 0 atom stereocenters. The van der Waals surface area contributed by atoms with Crippen LogP contribution in [-0.4, -0.2) is 0 Å². The molecule has 0 saturated carbocycles. The van der Waals surface area contributed by atoms with E-state index in [9.17, 15) is 8.78 Å². The van der Waals surface area contributed by atoms with E-state index in [0.29, 0.717) is 11.3 Å². The van der Waals surface area contributed by atoms with Crippen LogP contribution in [0.1, 0.15) is 26.3 Å². The zero-order chi connectivity index (χ0) is 14.9. The standard InChI is InChI=1S/C16H15BrF2O/c1-16(2,3)10-8-13(18)15(14(19)9-10)20-12-6-4-11(17)5-7-12/h4-9H,1-3H3. The Hall–Kier alpha value is -1.42. The Morgan fingerprint density at radius 1 is 0.950 bits per heavy atom. The van der Waals surface area contributed by atoms with E-state index in [2.05, 4.69) is 15.9 Å². The predicted octanol–water partition coefficient (Wildman–Crippen LogP) is 5.82. The molecule has 0 aliphatic heterocycles. The lowest BCUT2D eigenvalue weighted by Gasteiger charge is -2.20. The molecule has 2 rings (SSSR count). The number of halogens is 3. The van der Waals surface area contributed by atoms with Gasteiger partial charge in [0, 0.05) is 4.47 Å². The minimum Gasteiger partial charge on any atom is -0.451 e. The van der Waals surface area contributed by atoms with Gasteiger partial charge in [-0.3, -0.25) is 0 Å². The summed E-state index contributed by atoms with van der Waals surface area (Å²) in [6.45, 7) is 5.70. The highest BCUT2D eigenvalue weighted by Gasteiger charge is 2.20. The molecule has 0 radical (unpaired) electrons. The molecule has 0 spiro atoms. The van der Waals surface area contributed by atoms with Gasteiger partial charge in [-0.2, -0.15) is 0 Å². The van der Waals surface area contributed by atoms with Crippen LogP contribution < -0.4 is 4.74 Å². The van der Waals surface area contributed by atoms with E-state index in [1.165, 1.54) is 12.1 Å². The second-order valence-electron chi connectivity index (χ2n) is 5.57. The van der Waals surface area contributed by atoms with Crippen molar-refractivity contribution in [1.82, 2.24) is 0 Å². The van der Waals surface area contributed by atoms with Gasteiger partial charge >= 0.3 is 0 Å². The first-order valence-electron chi connectivity index (χ1n) is 6.20. The van der Waals surface area contributed by atoms with Gasteiger partial charge in [0.05, 0.1) is 0 Å². The molecule has 0 aliphatic rings. The molecule has 1 nitrogen and oxygen atoms in total. The Kier molecular flexibility index (Phi) is 4.14. The summed E-state index contributed by atoms with van der Waals surface area (Å²) in [7, 11) is 0. The fourth-order valence-corrected chi connectivity index (χ4v) is 1.98. The summed E-state index contributed by atoms with van der Waals surface area (Å²) in [5, 5.41) is 0. The van der Waals surface area contributed by atoms with Crippen molar-refractivity contribution in [2.24, 2.45) is 0 Å². The van der Waals surface area contributed by atoms with Crippen LogP contribution in [0.15, 0.2) is 40.9 Å². The Balaban J connectivity index is 2.36. The van der Waals surface area contributed by atoms with E-state index in [4.69, 9.17) is 4.74 Å². The van der Waals surface area contributed by atoms with Crippen molar-refractivity contribution in [3.8, 4) is 11.5 Å². The first-order chi connectivity index (χ1) is 9.27. The van der Waals surface area contributed by atoms with Crippen molar-refractivity contribution in [1.29, 1.82) is 0 Å². The molecule has 0 amide bonds. The van der Waals surface area contributed by atoms with E-state index in [-0.39, 0.29) is 11.2 Å². The topological polar surface area (TPSA) is 9.23 Å². The number of ether oxygens (including phenoxy) is 1. The zero-order valence-electron chi connectivity index (χ0n) is 11.5. The van der Waals surface area contributed by atoms with Gasteiger partial charge in [0.2, 0.25) is 0 Å². The van der Waals surface area contributed by atoms with Gasteiger partial charge in [0.15, 0.2) is 17.4 Å². The Morgan fingerprint density at radius 3 is 1.90 bits per heavy atom. The van der Waals surface area contributed by atoms with Crippen LogP contribution >= 0.6 is 15.9 Å². The third-order valence-corrected chi connectivity index (χ3v) is 3.43. The average Bonchev–Trinajstić information content (AvgIpc) is 2.34. The molecule has 0 N–H and O–H groups in total. The van der Waals surface area contributed by atoms with Gasteiger partial charge in [-0.25, -0.2) is 8.78 Å².